The number of aliphatic carboxylic acids is 1. The number of carboxylic acids is 1. The number of ether oxygens (including phenoxy) is 1. The molecule has 4 nitrogen and oxygen atoms in total. The van der Waals surface area contributed by atoms with Crippen LogP contribution in [0.25, 0.3) is 0 Å². The first kappa shape index (κ1) is 13.5. The Labute approximate surface area is 97.4 Å². The molecular formula is C12H23NO3. The van der Waals surface area contributed by atoms with E-state index in [1.54, 1.807) is 7.05 Å². The molecule has 0 spiro atoms. The molecule has 2 N–H and O–H groups in total. The molecule has 2 atom stereocenters. The van der Waals surface area contributed by atoms with E-state index in [1.807, 2.05) is 13.8 Å². The van der Waals surface area contributed by atoms with Crippen LogP contribution in [0.5, 0.6) is 0 Å². The Kier molecular flexibility index (Phi) is 4.74. The lowest BCUT2D eigenvalue weighted by Crippen LogP contribution is -2.53. The summed E-state index contributed by atoms with van der Waals surface area (Å²) < 4.78 is 5.50. The van der Waals surface area contributed by atoms with Crippen molar-refractivity contribution < 1.29 is 14.6 Å². The summed E-state index contributed by atoms with van der Waals surface area (Å²) in [5.41, 5.74) is -0.722. The minimum Gasteiger partial charge on any atom is -0.480 e. The fourth-order valence-electron chi connectivity index (χ4n) is 2.63. The highest BCUT2D eigenvalue weighted by Gasteiger charge is 2.47. The summed E-state index contributed by atoms with van der Waals surface area (Å²) in [6.45, 7) is 4.65. The van der Waals surface area contributed by atoms with Gasteiger partial charge in [0, 0.05) is 6.61 Å². The highest BCUT2D eigenvalue weighted by atomic mass is 16.5. The van der Waals surface area contributed by atoms with Crippen LogP contribution in [0.3, 0.4) is 0 Å². The third kappa shape index (κ3) is 2.74. The average Bonchev–Trinajstić information content (AvgIpc) is 2.61. The van der Waals surface area contributed by atoms with Gasteiger partial charge in [-0.1, -0.05) is 6.42 Å². The minimum atomic E-state index is -0.722. The second kappa shape index (κ2) is 5.64. The normalized spacial score (nSPS) is 29.9. The van der Waals surface area contributed by atoms with Gasteiger partial charge >= 0.3 is 5.97 Å². The van der Waals surface area contributed by atoms with Crippen LogP contribution in [-0.4, -0.2) is 36.4 Å². The van der Waals surface area contributed by atoms with Gasteiger partial charge in [0.15, 0.2) is 0 Å². The smallest absolute Gasteiger partial charge is 0.324 e. The van der Waals surface area contributed by atoms with Crippen molar-refractivity contribution in [3.05, 3.63) is 0 Å². The summed E-state index contributed by atoms with van der Waals surface area (Å²) in [6.07, 6.45) is 3.74. The van der Waals surface area contributed by atoms with E-state index >= 15 is 0 Å². The first-order chi connectivity index (χ1) is 7.53. The van der Waals surface area contributed by atoms with Crippen molar-refractivity contribution in [3.63, 3.8) is 0 Å². The van der Waals surface area contributed by atoms with Gasteiger partial charge < -0.3 is 15.2 Å². The van der Waals surface area contributed by atoms with Crippen LogP contribution in [0.2, 0.25) is 0 Å². The van der Waals surface area contributed by atoms with Crippen molar-refractivity contribution >= 4 is 5.97 Å². The average molecular weight is 229 g/mol. The highest BCUT2D eigenvalue weighted by molar-refractivity contribution is 5.79. The Morgan fingerprint density at radius 3 is 2.81 bits per heavy atom. The molecule has 0 bridgehead atoms. The summed E-state index contributed by atoms with van der Waals surface area (Å²) in [4.78, 5) is 11.4. The Hall–Kier alpha value is -0.610. The molecular weight excluding hydrogens is 206 g/mol. The van der Waals surface area contributed by atoms with Crippen LogP contribution in [-0.2, 0) is 9.53 Å². The molecule has 4 heteroatoms. The van der Waals surface area contributed by atoms with Gasteiger partial charge in [0.25, 0.3) is 0 Å². The van der Waals surface area contributed by atoms with Crippen molar-refractivity contribution in [3.8, 4) is 0 Å². The van der Waals surface area contributed by atoms with E-state index in [4.69, 9.17) is 4.74 Å². The molecule has 0 aromatic heterocycles. The lowest BCUT2D eigenvalue weighted by atomic mass is 9.85. The van der Waals surface area contributed by atoms with Crippen LogP contribution in [0.1, 0.15) is 39.5 Å². The summed E-state index contributed by atoms with van der Waals surface area (Å²) in [6, 6.07) is 0. The van der Waals surface area contributed by atoms with Gasteiger partial charge in [-0.05, 0) is 46.1 Å². The van der Waals surface area contributed by atoms with E-state index < -0.39 is 11.5 Å². The van der Waals surface area contributed by atoms with Crippen molar-refractivity contribution in [1.82, 2.24) is 5.32 Å². The minimum absolute atomic E-state index is 0.189. The zero-order valence-corrected chi connectivity index (χ0v) is 10.5. The molecule has 0 aromatic carbocycles. The highest BCUT2D eigenvalue weighted by Crippen LogP contribution is 2.38. The SMILES string of the molecule is CNC1(C(=O)O)CCCC1CCOC(C)C. The number of likely N-dealkylation sites (N-methyl/N-ethyl adjacent to an activating group) is 1. The lowest BCUT2D eigenvalue weighted by Gasteiger charge is -2.31. The lowest BCUT2D eigenvalue weighted by molar-refractivity contribution is -0.146. The van der Waals surface area contributed by atoms with Gasteiger partial charge in [-0.3, -0.25) is 4.79 Å². The molecule has 1 saturated carbocycles. The second-order valence-electron chi connectivity index (χ2n) is 4.82. The maximum Gasteiger partial charge on any atom is 0.324 e. The maximum atomic E-state index is 11.4. The Bertz CT molecular complexity index is 242. The number of rotatable bonds is 6. The van der Waals surface area contributed by atoms with Crippen molar-refractivity contribution in [2.75, 3.05) is 13.7 Å². The van der Waals surface area contributed by atoms with E-state index in [0.29, 0.717) is 6.61 Å². The molecule has 1 aliphatic rings. The van der Waals surface area contributed by atoms with Gasteiger partial charge in [-0.15, -0.1) is 0 Å². The molecule has 1 aliphatic carbocycles. The number of nitrogens with one attached hydrogen (secondary N) is 1. The summed E-state index contributed by atoms with van der Waals surface area (Å²) >= 11 is 0. The zero-order chi connectivity index (χ0) is 12.2. The molecule has 0 heterocycles. The molecule has 16 heavy (non-hydrogen) atoms. The van der Waals surface area contributed by atoms with Gasteiger partial charge in [0.05, 0.1) is 6.10 Å². The van der Waals surface area contributed by atoms with Crippen molar-refractivity contribution in [2.24, 2.45) is 5.92 Å². The van der Waals surface area contributed by atoms with Crippen LogP contribution >= 0.6 is 0 Å². The molecule has 1 rings (SSSR count). The van der Waals surface area contributed by atoms with E-state index in [9.17, 15) is 9.90 Å². The Balaban J connectivity index is 2.54. The van der Waals surface area contributed by atoms with Gasteiger partial charge in [-0.2, -0.15) is 0 Å². The molecule has 0 aromatic rings. The fourth-order valence-corrected chi connectivity index (χ4v) is 2.63. The predicted molar refractivity (Wildman–Crippen MR) is 62.5 cm³/mol. The molecule has 0 amide bonds. The van der Waals surface area contributed by atoms with E-state index in [1.165, 1.54) is 0 Å². The molecule has 1 fully saturated rings. The van der Waals surface area contributed by atoms with Crippen LogP contribution < -0.4 is 5.32 Å². The van der Waals surface area contributed by atoms with Gasteiger partial charge in [0.2, 0.25) is 0 Å². The maximum absolute atomic E-state index is 11.4. The molecule has 94 valence electrons. The van der Waals surface area contributed by atoms with Crippen LogP contribution in [0.15, 0.2) is 0 Å². The third-order valence-corrected chi connectivity index (χ3v) is 3.57. The summed E-state index contributed by atoms with van der Waals surface area (Å²) in [5.74, 6) is -0.532. The van der Waals surface area contributed by atoms with E-state index in [-0.39, 0.29) is 12.0 Å². The fraction of sp³-hybridized carbons (Fsp3) is 0.917. The molecule has 2 unspecified atom stereocenters. The number of hydrogen-bond donors (Lipinski definition) is 2. The van der Waals surface area contributed by atoms with E-state index in [2.05, 4.69) is 5.32 Å². The van der Waals surface area contributed by atoms with Crippen molar-refractivity contribution in [1.29, 1.82) is 0 Å². The largest absolute Gasteiger partial charge is 0.480 e. The first-order valence-electron chi connectivity index (χ1n) is 6.07. The Morgan fingerprint density at radius 2 is 2.31 bits per heavy atom. The van der Waals surface area contributed by atoms with Gasteiger partial charge in [-0.25, -0.2) is 0 Å². The Morgan fingerprint density at radius 1 is 1.62 bits per heavy atom. The number of carboxylic acid groups (broad SMARTS) is 1. The number of hydrogen-bond acceptors (Lipinski definition) is 3. The predicted octanol–water partition coefficient (Wildman–Crippen LogP) is 1.64. The summed E-state index contributed by atoms with van der Waals surface area (Å²) in [5, 5.41) is 12.3. The van der Waals surface area contributed by atoms with Crippen molar-refractivity contribution in [2.45, 2.75) is 51.2 Å². The topological polar surface area (TPSA) is 58.6 Å². The second-order valence-corrected chi connectivity index (χ2v) is 4.82. The quantitative estimate of drug-likeness (QED) is 0.727. The number of carbonyl (C=O) groups is 1. The standard InChI is InChI=1S/C12H23NO3/c1-9(2)16-8-6-10-5-4-7-12(10,13-3)11(14)15/h9-10,13H,4-8H2,1-3H3,(H,14,15). The zero-order valence-electron chi connectivity index (χ0n) is 10.5. The monoisotopic (exact) mass is 229 g/mol. The van der Waals surface area contributed by atoms with E-state index in [0.717, 1.165) is 25.7 Å². The molecule has 0 aliphatic heterocycles. The first-order valence-corrected chi connectivity index (χ1v) is 6.07. The molecule has 0 radical (unpaired) electrons. The van der Waals surface area contributed by atoms with Crippen LogP contribution in [0, 0.1) is 5.92 Å². The summed E-state index contributed by atoms with van der Waals surface area (Å²) in [7, 11) is 1.75. The van der Waals surface area contributed by atoms with Gasteiger partial charge in [0.1, 0.15) is 5.54 Å². The van der Waals surface area contributed by atoms with Crippen LogP contribution in [0.4, 0.5) is 0 Å². The third-order valence-electron chi connectivity index (χ3n) is 3.57. The molecule has 0 saturated heterocycles.